The first kappa shape index (κ1) is 6.05. The minimum atomic E-state index is 0.441. The second kappa shape index (κ2) is 2.46. The Morgan fingerprint density at radius 3 is 2.75 bits per heavy atom. The van der Waals surface area contributed by atoms with Gasteiger partial charge in [-0.15, -0.1) is 0 Å². The van der Waals surface area contributed by atoms with Crippen molar-refractivity contribution in [2.75, 3.05) is 13.1 Å². The zero-order valence-electron chi connectivity index (χ0n) is 5.35. The van der Waals surface area contributed by atoms with Crippen molar-refractivity contribution in [1.82, 2.24) is 5.32 Å². The summed E-state index contributed by atoms with van der Waals surface area (Å²) in [5.74, 6) is 0.670. The van der Waals surface area contributed by atoms with E-state index in [1.54, 1.807) is 0 Å². The van der Waals surface area contributed by atoms with Gasteiger partial charge in [-0.1, -0.05) is 6.92 Å². The molecule has 1 heterocycles. The van der Waals surface area contributed by atoms with E-state index in [1.807, 2.05) is 0 Å². The average Bonchev–Trinajstić information content (AvgIpc) is 1.77. The molecule has 1 aliphatic heterocycles. The van der Waals surface area contributed by atoms with E-state index < -0.39 is 0 Å². The third-order valence-electron chi connectivity index (χ3n) is 1.85. The van der Waals surface area contributed by atoms with E-state index >= 15 is 0 Å². The maximum absolute atomic E-state index is 5.74. The van der Waals surface area contributed by atoms with Crippen LogP contribution in [0.4, 0.5) is 0 Å². The Hall–Kier alpha value is -0.0800. The summed E-state index contributed by atoms with van der Waals surface area (Å²) in [7, 11) is 0. The fourth-order valence-corrected chi connectivity index (χ4v) is 1.03. The Bertz CT molecular complexity index is 62.9. The van der Waals surface area contributed by atoms with E-state index in [2.05, 4.69) is 12.2 Å². The molecule has 1 aliphatic rings. The molecular weight excluding hydrogens is 100 g/mol. The largest absolute Gasteiger partial charge is 0.327 e. The van der Waals surface area contributed by atoms with E-state index in [4.69, 9.17) is 5.73 Å². The quantitative estimate of drug-likeness (QED) is 0.463. The number of nitrogens with one attached hydrogen (secondary N) is 1. The predicted octanol–water partition coefficient (Wildman–Crippen LogP) is -0.0569. The number of hydrogen-bond acceptors (Lipinski definition) is 2. The van der Waals surface area contributed by atoms with Gasteiger partial charge in [0.05, 0.1) is 0 Å². The van der Waals surface area contributed by atoms with E-state index in [0.29, 0.717) is 12.0 Å². The third-order valence-corrected chi connectivity index (χ3v) is 1.85. The molecule has 2 heteroatoms. The summed E-state index contributed by atoms with van der Waals surface area (Å²) in [5, 5.41) is 3.28. The monoisotopic (exact) mass is 114 g/mol. The van der Waals surface area contributed by atoms with Crippen LogP contribution in [0.5, 0.6) is 0 Å². The Labute approximate surface area is 50.4 Å². The van der Waals surface area contributed by atoms with E-state index in [9.17, 15) is 0 Å². The summed E-state index contributed by atoms with van der Waals surface area (Å²) in [6, 6.07) is 0.441. The average molecular weight is 114 g/mol. The molecule has 2 unspecified atom stereocenters. The normalized spacial score (nSPS) is 39.8. The Morgan fingerprint density at radius 2 is 2.38 bits per heavy atom. The summed E-state index contributed by atoms with van der Waals surface area (Å²) in [4.78, 5) is 0. The molecule has 0 aromatic rings. The van der Waals surface area contributed by atoms with Gasteiger partial charge in [-0.25, -0.2) is 0 Å². The summed E-state index contributed by atoms with van der Waals surface area (Å²) < 4.78 is 0. The van der Waals surface area contributed by atoms with Crippen LogP contribution in [0.15, 0.2) is 0 Å². The van der Waals surface area contributed by atoms with Crippen LogP contribution in [0.2, 0.25) is 0 Å². The van der Waals surface area contributed by atoms with Crippen molar-refractivity contribution in [2.45, 2.75) is 19.4 Å². The first-order chi connectivity index (χ1) is 3.80. The van der Waals surface area contributed by atoms with Crippen LogP contribution in [-0.2, 0) is 0 Å². The van der Waals surface area contributed by atoms with Crippen molar-refractivity contribution in [2.24, 2.45) is 11.7 Å². The van der Waals surface area contributed by atoms with Gasteiger partial charge in [-0.05, 0) is 25.4 Å². The standard InChI is InChI=1S/C6H14N2/c1-5-4-8-3-2-6(5)7/h5-6,8H,2-4,7H2,1H3. The molecule has 3 N–H and O–H groups in total. The van der Waals surface area contributed by atoms with Gasteiger partial charge in [0.1, 0.15) is 0 Å². The van der Waals surface area contributed by atoms with Crippen molar-refractivity contribution in [3.63, 3.8) is 0 Å². The fraction of sp³-hybridized carbons (Fsp3) is 1.00. The smallest absolute Gasteiger partial charge is 0.00887 e. The summed E-state index contributed by atoms with van der Waals surface area (Å²) >= 11 is 0. The molecule has 0 aromatic carbocycles. The van der Waals surface area contributed by atoms with Crippen LogP contribution in [0, 0.1) is 5.92 Å². The zero-order chi connectivity index (χ0) is 5.98. The molecule has 2 atom stereocenters. The van der Waals surface area contributed by atoms with Crippen LogP contribution in [0.25, 0.3) is 0 Å². The number of piperidine rings is 1. The van der Waals surface area contributed by atoms with E-state index in [0.717, 1.165) is 19.5 Å². The van der Waals surface area contributed by atoms with E-state index in [-0.39, 0.29) is 0 Å². The van der Waals surface area contributed by atoms with Crippen LogP contribution < -0.4 is 11.1 Å². The van der Waals surface area contributed by atoms with Crippen molar-refractivity contribution >= 4 is 0 Å². The molecule has 1 saturated heterocycles. The highest BCUT2D eigenvalue weighted by Gasteiger charge is 2.15. The molecule has 0 spiro atoms. The Kier molecular flexibility index (Phi) is 1.86. The minimum Gasteiger partial charge on any atom is -0.327 e. The lowest BCUT2D eigenvalue weighted by Gasteiger charge is -2.25. The second-order valence-electron chi connectivity index (χ2n) is 2.63. The lowest BCUT2D eigenvalue weighted by atomic mass is 9.97. The van der Waals surface area contributed by atoms with E-state index in [1.165, 1.54) is 0 Å². The van der Waals surface area contributed by atoms with Crippen molar-refractivity contribution in [3.8, 4) is 0 Å². The molecule has 0 radical (unpaired) electrons. The SMILES string of the molecule is CC1CNCCC1N. The van der Waals surface area contributed by atoms with Crippen molar-refractivity contribution < 1.29 is 0 Å². The van der Waals surface area contributed by atoms with Crippen LogP contribution in [0.1, 0.15) is 13.3 Å². The maximum atomic E-state index is 5.74. The van der Waals surface area contributed by atoms with Gasteiger partial charge >= 0.3 is 0 Å². The molecule has 1 rings (SSSR count). The molecule has 48 valence electrons. The predicted molar refractivity (Wildman–Crippen MR) is 34.6 cm³/mol. The van der Waals surface area contributed by atoms with Gasteiger partial charge in [0, 0.05) is 6.04 Å². The summed E-state index contributed by atoms with van der Waals surface area (Å²) in [6.45, 7) is 4.39. The third kappa shape index (κ3) is 1.20. The molecule has 0 aromatic heterocycles. The molecule has 2 nitrogen and oxygen atoms in total. The Morgan fingerprint density at radius 1 is 1.62 bits per heavy atom. The van der Waals surface area contributed by atoms with Crippen molar-refractivity contribution in [3.05, 3.63) is 0 Å². The van der Waals surface area contributed by atoms with Gasteiger partial charge < -0.3 is 11.1 Å². The van der Waals surface area contributed by atoms with Crippen LogP contribution in [0.3, 0.4) is 0 Å². The van der Waals surface area contributed by atoms with Gasteiger partial charge in [0.25, 0.3) is 0 Å². The molecular formula is C6H14N2. The van der Waals surface area contributed by atoms with Gasteiger partial charge in [-0.3, -0.25) is 0 Å². The minimum absolute atomic E-state index is 0.441. The number of rotatable bonds is 0. The van der Waals surface area contributed by atoms with Crippen molar-refractivity contribution in [1.29, 1.82) is 0 Å². The first-order valence-corrected chi connectivity index (χ1v) is 3.27. The fourth-order valence-electron chi connectivity index (χ4n) is 1.03. The van der Waals surface area contributed by atoms with Gasteiger partial charge in [0.2, 0.25) is 0 Å². The van der Waals surface area contributed by atoms with Gasteiger partial charge in [0.15, 0.2) is 0 Å². The lowest BCUT2D eigenvalue weighted by Crippen LogP contribution is -2.43. The molecule has 0 amide bonds. The summed E-state index contributed by atoms with van der Waals surface area (Å²) in [5.41, 5.74) is 5.74. The topological polar surface area (TPSA) is 38.0 Å². The van der Waals surface area contributed by atoms with Crippen LogP contribution >= 0.6 is 0 Å². The highest BCUT2D eigenvalue weighted by Crippen LogP contribution is 2.06. The molecule has 1 fully saturated rings. The van der Waals surface area contributed by atoms with Crippen LogP contribution in [-0.4, -0.2) is 19.1 Å². The number of hydrogen-bond donors (Lipinski definition) is 2. The highest BCUT2D eigenvalue weighted by atomic mass is 14.9. The molecule has 8 heavy (non-hydrogen) atoms. The number of nitrogens with two attached hydrogens (primary N) is 1. The maximum Gasteiger partial charge on any atom is 0.00887 e. The molecule has 0 aliphatic carbocycles. The summed E-state index contributed by atoms with van der Waals surface area (Å²) in [6.07, 6.45) is 1.14. The zero-order valence-corrected chi connectivity index (χ0v) is 5.35. The second-order valence-corrected chi connectivity index (χ2v) is 2.63. The lowest BCUT2D eigenvalue weighted by molar-refractivity contribution is 0.349. The van der Waals surface area contributed by atoms with Gasteiger partial charge in [-0.2, -0.15) is 0 Å². The Balaban J connectivity index is 2.28. The molecule has 0 bridgehead atoms. The first-order valence-electron chi connectivity index (χ1n) is 3.27. The highest BCUT2D eigenvalue weighted by molar-refractivity contribution is 4.76. The molecule has 0 saturated carbocycles.